The highest BCUT2D eigenvalue weighted by Crippen LogP contribution is 2.17. The fraction of sp³-hybridized carbons (Fsp3) is 0.222. The summed E-state index contributed by atoms with van der Waals surface area (Å²) in [6.45, 7) is 5.54. The van der Waals surface area contributed by atoms with Crippen molar-refractivity contribution in [2.24, 2.45) is 0 Å². The molecular weight excluding hydrogens is 296 g/mol. The van der Waals surface area contributed by atoms with Crippen LogP contribution in [0, 0.1) is 20.8 Å². The standard InChI is InChI=1S/C18H18O3S/c1-12-8-13(2)18(14(3)9-12)16(19)10-21-17(20)5-4-15-6-7-22-11-15/h4-9,11H,10H2,1-3H3/b5-4+. The monoisotopic (exact) mass is 314 g/mol. The van der Waals surface area contributed by atoms with Crippen LogP contribution in [0.3, 0.4) is 0 Å². The van der Waals surface area contributed by atoms with E-state index in [1.165, 1.54) is 6.08 Å². The smallest absolute Gasteiger partial charge is 0.331 e. The van der Waals surface area contributed by atoms with Gasteiger partial charge in [-0.2, -0.15) is 11.3 Å². The number of hydrogen-bond acceptors (Lipinski definition) is 4. The molecule has 0 radical (unpaired) electrons. The van der Waals surface area contributed by atoms with Gasteiger partial charge in [0.15, 0.2) is 6.61 Å². The van der Waals surface area contributed by atoms with E-state index in [9.17, 15) is 9.59 Å². The average molecular weight is 314 g/mol. The van der Waals surface area contributed by atoms with E-state index in [0.29, 0.717) is 5.56 Å². The van der Waals surface area contributed by atoms with Crippen LogP contribution in [0.1, 0.15) is 32.6 Å². The van der Waals surface area contributed by atoms with E-state index in [2.05, 4.69) is 0 Å². The predicted octanol–water partition coefficient (Wildman–Crippen LogP) is 4.11. The number of hydrogen-bond donors (Lipinski definition) is 0. The van der Waals surface area contributed by atoms with Gasteiger partial charge in [-0.1, -0.05) is 17.7 Å². The second kappa shape index (κ2) is 7.18. The first-order valence-electron chi connectivity index (χ1n) is 6.95. The van der Waals surface area contributed by atoms with E-state index in [1.807, 2.05) is 49.7 Å². The van der Waals surface area contributed by atoms with E-state index in [1.54, 1.807) is 17.4 Å². The van der Waals surface area contributed by atoms with Crippen LogP contribution in [-0.2, 0) is 9.53 Å². The molecule has 0 N–H and O–H groups in total. The third kappa shape index (κ3) is 4.15. The Bertz CT molecular complexity index is 689. The Balaban J connectivity index is 1.97. The Kier molecular flexibility index (Phi) is 5.28. The summed E-state index contributed by atoms with van der Waals surface area (Å²) in [6.07, 6.45) is 3.01. The second-order valence-corrected chi connectivity index (χ2v) is 5.97. The summed E-state index contributed by atoms with van der Waals surface area (Å²) in [4.78, 5) is 23.9. The largest absolute Gasteiger partial charge is 0.454 e. The number of ketones is 1. The number of rotatable bonds is 5. The minimum atomic E-state index is -0.512. The minimum absolute atomic E-state index is 0.174. The zero-order chi connectivity index (χ0) is 16.1. The van der Waals surface area contributed by atoms with Gasteiger partial charge in [-0.15, -0.1) is 0 Å². The molecule has 0 spiro atoms. The fourth-order valence-corrected chi connectivity index (χ4v) is 3.04. The van der Waals surface area contributed by atoms with Crippen LogP contribution in [0.4, 0.5) is 0 Å². The molecule has 0 saturated carbocycles. The number of thiophene rings is 1. The van der Waals surface area contributed by atoms with Crippen LogP contribution in [0.2, 0.25) is 0 Å². The van der Waals surface area contributed by atoms with Gasteiger partial charge in [0.1, 0.15) is 0 Å². The average Bonchev–Trinajstić information content (AvgIpc) is 2.95. The van der Waals surface area contributed by atoms with Crippen molar-refractivity contribution in [2.45, 2.75) is 20.8 Å². The highest BCUT2D eigenvalue weighted by atomic mass is 32.1. The number of aryl methyl sites for hydroxylation is 3. The summed E-state index contributed by atoms with van der Waals surface area (Å²) in [7, 11) is 0. The maximum atomic E-state index is 12.2. The van der Waals surface area contributed by atoms with Gasteiger partial charge in [0, 0.05) is 11.6 Å². The molecule has 0 bridgehead atoms. The topological polar surface area (TPSA) is 43.4 Å². The molecule has 0 fully saturated rings. The highest BCUT2D eigenvalue weighted by molar-refractivity contribution is 7.08. The van der Waals surface area contributed by atoms with E-state index >= 15 is 0 Å². The van der Waals surface area contributed by atoms with Gasteiger partial charge >= 0.3 is 5.97 Å². The molecule has 1 aromatic carbocycles. The van der Waals surface area contributed by atoms with Crippen molar-refractivity contribution >= 4 is 29.2 Å². The number of carbonyl (C=O) groups excluding carboxylic acids is 2. The lowest BCUT2D eigenvalue weighted by molar-refractivity contribution is -0.136. The SMILES string of the molecule is Cc1cc(C)c(C(=O)COC(=O)/C=C/c2ccsc2)c(C)c1. The molecule has 1 aromatic heterocycles. The number of carbonyl (C=O) groups is 2. The van der Waals surface area contributed by atoms with Gasteiger partial charge < -0.3 is 4.74 Å². The molecule has 2 rings (SSSR count). The Morgan fingerprint density at radius 2 is 1.86 bits per heavy atom. The third-order valence-electron chi connectivity index (χ3n) is 3.26. The molecule has 0 aliphatic carbocycles. The van der Waals surface area contributed by atoms with E-state index < -0.39 is 5.97 Å². The summed E-state index contributed by atoms with van der Waals surface area (Å²) in [5, 5.41) is 3.85. The lowest BCUT2D eigenvalue weighted by atomic mass is 9.97. The zero-order valence-electron chi connectivity index (χ0n) is 12.9. The second-order valence-electron chi connectivity index (χ2n) is 5.19. The van der Waals surface area contributed by atoms with Crippen LogP contribution in [-0.4, -0.2) is 18.4 Å². The van der Waals surface area contributed by atoms with Crippen LogP contribution >= 0.6 is 11.3 Å². The summed E-state index contributed by atoms with van der Waals surface area (Å²) in [5.74, 6) is -0.686. The maximum absolute atomic E-state index is 12.2. The molecule has 0 saturated heterocycles. The van der Waals surface area contributed by atoms with Crippen molar-refractivity contribution in [1.82, 2.24) is 0 Å². The molecule has 0 atom stereocenters. The maximum Gasteiger partial charge on any atom is 0.331 e. The Labute approximate surface area is 134 Å². The zero-order valence-corrected chi connectivity index (χ0v) is 13.7. The van der Waals surface area contributed by atoms with Gasteiger partial charge in [-0.25, -0.2) is 4.79 Å². The predicted molar refractivity (Wildman–Crippen MR) is 89.3 cm³/mol. The van der Waals surface area contributed by atoms with Crippen LogP contribution < -0.4 is 0 Å². The number of esters is 1. The molecule has 4 heteroatoms. The molecule has 0 aliphatic rings. The van der Waals surface area contributed by atoms with E-state index in [0.717, 1.165) is 22.3 Å². The Morgan fingerprint density at radius 3 is 2.45 bits per heavy atom. The van der Waals surface area contributed by atoms with Gasteiger partial charge in [0.05, 0.1) is 0 Å². The van der Waals surface area contributed by atoms with Gasteiger partial charge in [0.25, 0.3) is 0 Å². The lowest BCUT2D eigenvalue weighted by Gasteiger charge is -2.10. The van der Waals surface area contributed by atoms with Crippen molar-refractivity contribution < 1.29 is 14.3 Å². The molecule has 3 nitrogen and oxygen atoms in total. The van der Waals surface area contributed by atoms with E-state index in [4.69, 9.17) is 4.74 Å². The van der Waals surface area contributed by atoms with Crippen LogP contribution in [0.15, 0.2) is 35.0 Å². The first-order chi connectivity index (χ1) is 10.5. The Morgan fingerprint density at radius 1 is 1.18 bits per heavy atom. The summed E-state index contributed by atoms with van der Waals surface area (Å²) < 4.78 is 5.02. The normalized spacial score (nSPS) is 10.9. The summed E-state index contributed by atoms with van der Waals surface area (Å²) >= 11 is 1.55. The molecule has 1 heterocycles. The molecule has 2 aromatic rings. The van der Waals surface area contributed by atoms with Gasteiger partial charge in [-0.3, -0.25) is 4.79 Å². The Hall–Kier alpha value is -2.20. The van der Waals surface area contributed by atoms with Crippen LogP contribution in [0.5, 0.6) is 0 Å². The molecule has 0 unspecified atom stereocenters. The number of benzene rings is 1. The van der Waals surface area contributed by atoms with Gasteiger partial charge in [-0.05, 0) is 60.4 Å². The van der Waals surface area contributed by atoms with Gasteiger partial charge in [0.2, 0.25) is 5.78 Å². The molecule has 0 amide bonds. The van der Waals surface area contributed by atoms with Crippen LogP contribution in [0.25, 0.3) is 6.08 Å². The van der Waals surface area contributed by atoms with Crippen molar-refractivity contribution in [1.29, 1.82) is 0 Å². The lowest BCUT2D eigenvalue weighted by Crippen LogP contribution is -2.15. The van der Waals surface area contributed by atoms with Crippen molar-refractivity contribution in [2.75, 3.05) is 6.61 Å². The van der Waals surface area contributed by atoms with Crippen molar-refractivity contribution in [3.8, 4) is 0 Å². The summed E-state index contributed by atoms with van der Waals surface area (Å²) in [5.41, 5.74) is 4.51. The first kappa shape index (κ1) is 16.2. The van der Waals surface area contributed by atoms with E-state index in [-0.39, 0.29) is 12.4 Å². The molecular formula is C18H18O3S. The fourth-order valence-electron chi connectivity index (χ4n) is 2.41. The van der Waals surface area contributed by atoms with Crippen molar-refractivity contribution in [3.05, 3.63) is 62.9 Å². The first-order valence-corrected chi connectivity index (χ1v) is 7.89. The summed E-state index contributed by atoms with van der Waals surface area (Å²) in [6, 6.07) is 5.82. The molecule has 114 valence electrons. The molecule has 22 heavy (non-hydrogen) atoms. The highest BCUT2D eigenvalue weighted by Gasteiger charge is 2.14. The minimum Gasteiger partial charge on any atom is -0.454 e. The van der Waals surface area contributed by atoms with Crippen molar-refractivity contribution in [3.63, 3.8) is 0 Å². The number of ether oxygens (including phenoxy) is 1. The third-order valence-corrected chi connectivity index (χ3v) is 3.96. The quantitative estimate of drug-likeness (QED) is 0.474. The molecule has 0 aliphatic heterocycles. The number of Topliss-reactive ketones (excluding diaryl/α,β-unsaturated/α-hetero) is 1.